The molecule has 31 heavy (non-hydrogen) atoms. The Labute approximate surface area is 189 Å². The lowest BCUT2D eigenvalue weighted by molar-refractivity contribution is -0.112. The van der Waals surface area contributed by atoms with Gasteiger partial charge in [-0.2, -0.15) is 0 Å². The monoisotopic (exact) mass is 448 g/mol. The molecule has 2 aromatic heterocycles. The second kappa shape index (κ2) is 9.27. The van der Waals surface area contributed by atoms with Crippen LogP contribution in [-0.4, -0.2) is 63.0 Å². The topological polar surface area (TPSA) is 72.6 Å². The van der Waals surface area contributed by atoms with Crippen LogP contribution in [0, 0.1) is 0 Å². The van der Waals surface area contributed by atoms with Gasteiger partial charge in [0.2, 0.25) is 0 Å². The van der Waals surface area contributed by atoms with Crippen LogP contribution in [0.4, 0.5) is 0 Å². The molecule has 0 unspecified atom stereocenters. The van der Waals surface area contributed by atoms with Crippen LogP contribution in [0.25, 0.3) is 0 Å². The highest BCUT2D eigenvalue weighted by Gasteiger charge is 2.44. The number of thiophene rings is 1. The maximum Gasteiger partial charge on any atom is 0.0969 e. The fourth-order valence-electron chi connectivity index (χ4n) is 4.96. The summed E-state index contributed by atoms with van der Waals surface area (Å²) in [6.07, 6.45) is 6.23. The molecule has 4 rings (SSSR count). The number of nitrogens with zero attached hydrogens (tertiary/aromatic N) is 4. The van der Waals surface area contributed by atoms with Crippen LogP contribution in [0.15, 0.2) is 12.3 Å². The summed E-state index contributed by atoms with van der Waals surface area (Å²) in [5.41, 5.74) is 1.93. The predicted octanol–water partition coefficient (Wildman–Crippen LogP) is 3.14. The van der Waals surface area contributed by atoms with Gasteiger partial charge in [0.05, 0.1) is 43.3 Å². The Morgan fingerprint density at radius 2 is 2.26 bits per heavy atom. The van der Waals surface area contributed by atoms with Crippen LogP contribution >= 0.6 is 11.3 Å². The highest BCUT2D eigenvalue weighted by Crippen LogP contribution is 2.46. The molecule has 8 heteroatoms. The van der Waals surface area contributed by atoms with Gasteiger partial charge >= 0.3 is 0 Å². The van der Waals surface area contributed by atoms with E-state index in [4.69, 9.17) is 14.6 Å². The van der Waals surface area contributed by atoms with Crippen LogP contribution in [0.2, 0.25) is 0 Å². The highest BCUT2D eigenvalue weighted by molar-refractivity contribution is 7.12. The third-order valence-electron chi connectivity index (χ3n) is 6.54. The van der Waals surface area contributed by atoms with Gasteiger partial charge in [-0.3, -0.25) is 4.90 Å². The summed E-state index contributed by atoms with van der Waals surface area (Å²) in [5.74, 6) is 0. The smallest absolute Gasteiger partial charge is 0.0969 e. The molecule has 1 N–H and O–H groups in total. The van der Waals surface area contributed by atoms with E-state index >= 15 is 0 Å². The van der Waals surface area contributed by atoms with Crippen molar-refractivity contribution in [3.8, 4) is 0 Å². The van der Waals surface area contributed by atoms with E-state index in [-0.39, 0.29) is 12.2 Å². The second-order valence-corrected chi connectivity index (χ2v) is 10.7. The van der Waals surface area contributed by atoms with Gasteiger partial charge in [0.15, 0.2) is 0 Å². The van der Waals surface area contributed by atoms with E-state index in [1.807, 2.05) is 36.1 Å². The molecule has 0 bridgehead atoms. The molecule has 1 saturated heterocycles. The molecule has 0 saturated carbocycles. The summed E-state index contributed by atoms with van der Waals surface area (Å²) < 4.78 is 14.0. The Balaban J connectivity index is 1.39. The van der Waals surface area contributed by atoms with Gasteiger partial charge < -0.3 is 14.6 Å². The number of ether oxygens (including phenoxy) is 2. The molecule has 0 aliphatic carbocycles. The lowest BCUT2D eigenvalue weighted by atomic mass is 9.79. The number of hydrogen-bond donors (Lipinski definition) is 1. The Morgan fingerprint density at radius 1 is 1.42 bits per heavy atom. The third-order valence-corrected chi connectivity index (χ3v) is 7.88. The number of piperidine rings is 1. The van der Waals surface area contributed by atoms with Crippen LogP contribution in [0.3, 0.4) is 0 Å². The van der Waals surface area contributed by atoms with Gasteiger partial charge in [-0.25, -0.2) is 4.68 Å². The molecule has 7 nitrogen and oxygen atoms in total. The van der Waals surface area contributed by atoms with E-state index in [0.717, 1.165) is 51.1 Å². The normalized spacial score (nSPS) is 24.6. The number of aliphatic hydroxyl groups excluding tert-OH is 1. The highest BCUT2D eigenvalue weighted by atomic mass is 32.1. The summed E-state index contributed by atoms with van der Waals surface area (Å²) in [4.78, 5) is 5.52. The van der Waals surface area contributed by atoms with Crippen molar-refractivity contribution in [3.63, 3.8) is 0 Å². The third kappa shape index (κ3) is 5.03. The summed E-state index contributed by atoms with van der Waals surface area (Å²) in [6.45, 7) is 12.1. The van der Waals surface area contributed by atoms with Crippen molar-refractivity contribution in [1.82, 2.24) is 19.9 Å². The van der Waals surface area contributed by atoms with Crippen molar-refractivity contribution < 1.29 is 14.6 Å². The molecule has 0 amide bonds. The first-order chi connectivity index (χ1) is 14.8. The van der Waals surface area contributed by atoms with Crippen LogP contribution in [0.1, 0.15) is 61.5 Å². The summed E-state index contributed by atoms with van der Waals surface area (Å²) in [5, 5.41) is 17.7. The SMILES string of the molecule is CCc1cc2c(s1)CCO[C@@]21CCN(Cc2cn(CC(C)(C)OCCO)nn2)[C@@H](C)C1. The molecule has 2 atom stereocenters. The fraction of sp³-hybridized carbons (Fsp3) is 0.739. The zero-order valence-corrected chi connectivity index (χ0v) is 20.1. The summed E-state index contributed by atoms with van der Waals surface area (Å²) in [7, 11) is 0. The molecule has 2 aliphatic heterocycles. The maximum absolute atomic E-state index is 8.99. The van der Waals surface area contributed by atoms with Crippen molar-refractivity contribution in [3.05, 3.63) is 33.3 Å². The van der Waals surface area contributed by atoms with Crippen molar-refractivity contribution >= 4 is 11.3 Å². The van der Waals surface area contributed by atoms with Gasteiger partial charge in [-0.05, 0) is 51.7 Å². The van der Waals surface area contributed by atoms with E-state index in [2.05, 4.69) is 35.1 Å². The lowest BCUT2D eigenvalue weighted by Gasteiger charge is -2.47. The Hall–Kier alpha value is -1.32. The molecule has 0 aromatic carbocycles. The van der Waals surface area contributed by atoms with Gasteiger partial charge in [0.25, 0.3) is 0 Å². The summed E-state index contributed by atoms with van der Waals surface area (Å²) in [6, 6.07) is 2.83. The zero-order chi connectivity index (χ0) is 22.1. The number of aromatic nitrogens is 3. The lowest BCUT2D eigenvalue weighted by Crippen LogP contribution is -2.50. The molecule has 1 spiro atoms. The number of aryl methyl sites for hydroxylation is 1. The van der Waals surface area contributed by atoms with Crippen molar-refractivity contribution in [2.24, 2.45) is 0 Å². The number of likely N-dealkylation sites (tertiary alicyclic amines) is 1. The first-order valence-electron chi connectivity index (χ1n) is 11.5. The predicted molar refractivity (Wildman–Crippen MR) is 121 cm³/mol. The van der Waals surface area contributed by atoms with Crippen LogP contribution in [0.5, 0.6) is 0 Å². The molecule has 0 radical (unpaired) electrons. The zero-order valence-electron chi connectivity index (χ0n) is 19.3. The average molecular weight is 449 g/mol. The minimum absolute atomic E-state index is 0.0245. The number of hydrogen-bond acceptors (Lipinski definition) is 7. The average Bonchev–Trinajstić information content (AvgIpc) is 3.36. The van der Waals surface area contributed by atoms with E-state index in [9.17, 15) is 0 Å². The van der Waals surface area contributed by atoms with Crippen LogP contribution < -0.4 is 0 Å². The van der Waals surface area contributed by atoms with Crippen molar-refractivity contribution in [2.75, 3.05) is 26.4 Å². The molecular formula is C23H36N4O3S. The standard InChI is InChI=1S/C23H36N4O3S/c1-5-19-12-20-21(31-19)6-10-30-23(20)7-8-26(17(2)13-23)14-18-15-27(25-24-18)16-22(3,4)29-11-9-28/h12,15,17,28H,5-11,13-14,16H2,1-4H3/t17-,23+/m0/s1. The molecule has 2 aromatic rings. The van der Waals surface area contributed by atoms with Gasteiger partial charge in [0.1, 0.15) is 0 Å². The van der Waals surface area contributed by atoms with Gasteiger partial charge in [-0.15, -0.1) is 16.4 Å². The Bertz CT molecular complexity index is 880. The van der Waals surface area contributed by atoms with Crippen molar-refractivity contribution in [1.29, 1.82) is 0 Å². The largest absolute Gasteiger partial charge is 0.394 e. The molecular weight excluding hydrogens is 412 g/mol. The number of fused-ring (bicyclic) bond motifs is 2. The second-order valence-electron chi connectivity index (χ2n) is 9.51. The van der Waals surface area contributed by atoms with Crippen molar-refractivity contribution in [2.45, 2.75) is 83.7 Å². The molecule has 2 aliphatic rings. The van der Waals surface area contributed by atoms with E-state index < -0.39 is 5.60 Å². The quantitative estimate of drug-likeness (QED) is 0.669. The minimum Gasteiger partial charge on any atom is -0.394 e. The fourth-order valence-corrected chi connectivity index (χ4v) is 6.14. The van der Waals surface area contributed by atoms with Gasteiger partial charge in [0, 0.05) is 41.5 Å². The first-order valence-corrected chi connectivity index (χ1v) is 12.3. The Morgan fingerprint density at radius 3 is 3.00 bits per heavy atom. The molecule has 1 fully saturated rings. The van der Waals surface area contributed by atoms with E-state index in [1.165, 1.54) is 15.3 Å². The Kier molecular flexibility index (Phi) is 6.84. The molecule has 4 heterocycles. The number of rotatable bonds is 8. The number of aliphatic hydroxyl groups is 1. The van der Waals surface area contributed by atoms with E-state index in [1.54, 1.807) is 0 Å². The van der Waals surface area contributed by atoms with Gasteiger partial charge in [-0.1, -0.05) is 12.1 Å². The minimum atomic E-state index is -0.396. The first kappa shape index (κ1) is 22.9. The van der Waals surface area contributed by atoms with Crippen LogP contribution in [-0.2, 0) is 41.0 Å². The summed E-state index contributed by atoms with van der Waals surface area (Å²) >= 11 is 1.98. The maximum atomic E-state index is 8.99. The van der Waals surface area contributed by atoms with E-state index in [0.29, 0.717) is 19.2 Å². The molecule has 172 valence electrons.